The highest BCUT2D eigenvalue weighted by Crippen LogP contribution is 2.24. The van der Waals surface area contributed by atoms with Gasteiger partial charge < -0.3 is 9.26 Å². The van der Waals surface area contributed by atoms with E-state index in [1.807, 2.05) is 31.2 Å². The lowest BCUT2D eigenvalue weighted by atomic mass is 10.1. The van der Waals surface area contributed by atoms with Crippen molar-refractivity contribution in [2.24, 2.45) is 0 Å². The molecule has 0 radical (unpaired) electrons. The number of aromatic nitrogens is 2. The minimum atomic E-state index is 0.311. The van der Waals surface area contributed by atoms with Gasteiger partial charge in [0.05, 0.1) is 0 Å². The van der Waals surface area contributed by atoms with Gasteiger partial charge in [-0.15, -0.1) is 0 Å². The van der Waals surface area contributed by atoms with Crippen molar-refractivity contribution in [2.75, 3.05) is 0 Å². The van der Waals surface area contributed by atoms with Crippen molar-refractivity contribution in [2.45, 2.75) is 20.0 Å². The molecule has 5 heteroatoms. The first-order chi connectivity index (χ1) is 9.74. The number of aryl methyl sites for hydroxylation is 1. The zero-order chi connectivity index (χ0) is 13.9. The molecule has 0 amide bonds. The van der Waals surface area contributed by atoms with Crippen LogP contribution in [0.4, 0.5) is 0 Å². The van der Waals surface area contributed by atoms with Crippen molar-refractivity contribution >= 4 is 26.7 Å². The highest BCUT2D eigenvalue weighted by Gasteiger charge is 2.05. The zero-order valence-electron chi connectivity index (χ0n) is 11.0. The van der Waals surface area contributed by atoms with Gasteiger partial charge in [-0.25, -0.2) is 0 Å². The van der Waals surface area contributed by atoms with E-state index >= 15 is 0 Å². The van der Waals surface area contributed by atoms with E-state index in [0.717, 1.165) is 22.0 Å². The maximum absolute atomic E-state index is 5.69. The summed E-state index contributed by atoms with van der Waals surface area (Å²) in [6.45, 7) is 2.28. The second-order valence-corrected chi connectivity index (χ2v) is 5.32. The van der Waals surface area contributed by atoms with E-state index in [9.17, 15) is 0 Å². The Kier molecular flexibility index (Phi) is 3.69. The molecule has 3 rings (SSSR count). The van der Waals surface area contributed by atoms with Crippen LogP contribution in [-0.2, 0) is 13.0 Å². The van der Waals surface area contributed by atoms with Crippen LogP contribution in [0.3, 0.4) is 0 Å². The topological polar surface area (TPSA) is 48.2 Å². The number of benzene rings is 2. The standard InChI is InChI=1S/C15H13BrN2O2/c1-2-15-17-14(18-20-15)9-19-13-6-4-10-7-12(16)5-3-11(10)8-13/h3-8H,2,9H2,1H3. The Morgan fingerprint density at radius 1 is 1.15 bits per heavy atom. The normalized spacial score (nSPS) is 10.9. The fourth-order valence-corrected chi connectivity index (χ4v) is 2.30. The van der Waals surface area contributed by atoms with Gasteiger partial charge >= 0.3 is 0 Å². The van der Waals surface area contributed by atoms with Gasteiger partial charge in [-0.1, -0.05) is 40.1 Å². The molecule has 0 fully saturated rings. The molecule has 0 N–H and O–H groups in total. The summed E-state index contributed by atoms with van der Waals surface area (Å²) in [6, 6.07) is 12.1. The van der Waals surface area contributed by atoms with Gasteiger partial charge in [0, 0.05) is 10.9 Å². The molecule has 0 spiro atoms. The van der Waals surface area contributed by atoms with Gasteiger partial charge in [0.15, 0.2) is 6.61 Å². The van der Waals surface area contributed by atoms with Gasteiger partial charge in [0.25, 0.3) is 0 Å². The van der Waals surface area contributed by atoms with Crippen LogP contribution in [0.15, 0.2) is 45.4 Å². The molecule has 1 aromatic heterocycles. The third kappa shape index (κ3) is 2.82. The second kappa shape index (κ2) is 5.63. The van der Waals surface area contributed by atoms with Crippen LogP contribution in [0.25, 0.3) is 10.8 Å². The van der Waals surface area contributed by atoms with E-state index in [-0.39, 0.29) is 0 Å². The first kappa shape index (κ1) is 13.1. The van der Waals surface area contributed by atoms with Gasteiger partial charge in [-0.3, -0.25) is 0 Å². The van der Waals surface area contributed by atoms with E-state index in [4.69, 9.17) is 9.26 Å². The molecule has 0 saturated carbocycles. The van der Waals surface area contributed by atoms with Crippen LogP contribution in [0.2, 0.25) is 0 Å². The van der Waals surface area contributed by atoms with Crippen molar-refractivity contribution in [3.8, 4) is 5.75 Å². The van der Waals surface area contributed by atoms with Crippen molar-refractivity contribution in [1.82, 2.24) is 10.1 Å². The predicted molar refractivity (Wildman–Crippen MR) is 79.7 cm³/mol. The van der Waals surface area contributed by atoms with Crippen molar-refractivity contribution in [3.63, 3.8) is 0 Å². The summed E-state index contributed by atoms with van der Waals surface area (Å²) in [7, 11) is 0. The fraction of sp³-hybridized carbons (Fsp3) is 0.200. The lowest BCUT2D eigenvalue weighted by molar-refractivity contribution is 0.285. The maximum Gasteiger partial charge on any atom is 0.226 e. The SMILES string of the molecule is CCc1nc(COc2ccc3cc(Br)ccc3c2)no1. The Morgan fingerprint density at radius 3 is 2.75 bits per heavy atom. The molecular formula is C15H13BrN2O2. The number of fused-ring (bicyclic) bond motifs is 1. The maximum atomic E-state index is 5.69. The number of hydrogen-bond donors (Lipinski definition) is 0. The second-order valence-electron chi connectivity index (χ2n) is 4.40. The molecule has 0 aliphatic rings. The quantitative estimate of drug-likeness (QED) is 0.720. The molecule has 0 unspecified atom stereocenters. The Hall–Kier alpha value is -1.88. The third-order valence-electron chi connectivity index (χ3n) is 2.95. The highest BCUT2D eigenvalue weighted by atomic mass is 79.9. The Bertz CT molecular complexity index is 740. The molecule has 2 aromatic carbocycles. The average molecular weight is 333 g/mol. The number of hydrogen-bond acceptors (Lipinski definition) is 4. The van der Waals surface area contributed by atoms with Crippen LogP contribution in [0, 0.1) is 0 Å². The summed E-state index contributed by atoms with van der Waals surface area (Å²) in [4.78, 5) is 4.21. The van der Waals surface area contributed by atoms with Gasteiger partial charge in [-0.05, 0) is 35.0 Å². The summed E-state index contributed by atoms with van der Waals surface area (Å²) in [6.07, 6.45) is 0.734. The van der Waals surface area contributed by atoms with E-state index in [2.05, 4.69) is 38.2 Å². The van der Waals surface area contributed by atoms with Crippen molar-refractivity contribution in [3.05, 3.63) is 52.6 Å². The van der Waals surface area contributed by atoms with Crippen LogP contribution in [0.5, 0.6) is 5.75 Å². The van der Waals surface area contributed by atoms with Gasteiger partial charge in [0.2, 0.25) is 11.7 Å². The smallest absolute Gasteiger partial charge is 0.226 e. The van der Waals surface area contributed by atoms with E-state index in [0.29, 0.717) is 18.3 Å². The lowest BCUT2D eigenvalue weighted by Gasteiger charge is -2.05. The molecule has 0 aliphatic heterocycles. The number of rotatable bonds is 4. The van der Waals surface area contributed by atoms with Crippen LogP contribution < -0.4 is 4.74 Å². The number of nitrogens with zero attached hydrogens (tertiary/aromatic N) is 2. The monoisotopic (exact) mass is 332 g/mol. The molecule has 4 nitrogen and oxygen atoms in total. The molecule has 3 aromatic rings. The molecular weight excluding hydrogens is 320 g/mol. The summed E-state index contributed by atoms with van der Waals surface area (Å²) < 4.78 is 11.8. The van der Waals surface area contributed by atoms with E-state index in [1.165, 1.54) is 5.39 Å². The lowest BCUT2D eigenvalue weighted by Crippen LogP contribution is -1.97. The molecule has 0 aliphatic carbocycles. The first-order valence-corrected chi connectivity index (χ1v) is 7.17. The van der Waals surface area contributed by atoms with Crippen molar-refractivity contribution < 1.29 is 9.26 Å². The van der Waals surface area contributed by atoms with Crippen LogP contribution >= 0.6 is 15.9 Å². The molecule has 1 heterocycles. The summed E-state index contributed by atoms with van der Waals surface area (Å²) in [5.74, 6) is 1.99. The highest BCUT2D eigenvalue weighted by molar-refractivity contribution is 9.10. The van der Waals surface area contributed by atoms with Crippen molar-refractivity contribution in [1.29, 1.82) is 0 Å². The average Bonchev–Trinajstić information content (AvgIpc) is 2.93. The molecule has 0 bridgehead atoms. The van der Waals surface area contributed by atoms with Gasteiger partial charge in [-0.2, -0.15) is 4.98 Å². The summed E-state index contributed by atoms with van der Waals surface area (Å²) in [5, 5.41) is 6.16. The third-order valence-corrected chi connectivity index (χ3v) is 3.45. The number of ether oxygens (including phenoxy) is 1. The largest absolute Gasteiger partial charge is 0.485 e. The first-order valence-electron chi connectivity index (χ1n) is 6.38. The van der Waals surface area contributed by atoms with E-state index in [1.54, 1.807) is 0 Å². The van der Waals surface area contributed by atoms with Gasteiger partial charge in [0.1, 0.15) is 5.75 Å². The molecule has 102 valence electrons. The van der Waals surface area contributed by atoms with Crippen LogP contribution in [-0.4, -0.2) is 10.1 Å². The minimum Gasteiger partial charge on any atom is -0.485 e. The summed E-state index contributed by atoms with van der Waals surface area (Å²) >= 11 is 3.46. The van der Waals surface area contributed by atoms with E-state index < -0.39 is 0 Å². The van der Waals surface area contributed by atoms with Crippen LogP contribution in [0.1, 0.15) is 18.6 Å². The number of halogens is 1. The fourth-order valence-electron chi connectivity index (χ4n) is 1.92. The Balaban J connectivity index is 1.75. The minimum absolute atomic E-state index is 0.311. The predicted octanol–water partition coefficient (Wildman–Crippen LogP) is 4.13. The molecule has 20 heavy (non-hydrogen) atoms. The molecule has 0 saturated heterocycles. The molecule has 0 atom stereocenters. The Labute approximate surface area is 124 Å². The Morgan fingerprint density at radius 2 is 1.95 bits per heavy atom. The zero-order valence-corrected chi connectivity index (χ0v) is 12.6. The summed E-state index contributed by atoms with van der Waals surface area (Å²) in [5.41, 5.74) is 0.